The zero-order valence-corrected chi connectivity index (χ0v) is 12.8. The summed E-state index contributed by atoms with van der Waals surface area (Å²) in [5.74, 6) is 0.201. The molecular weight excluding hydrogens is 324 g/mol. The highest BCUT2D eigenvalue weighted by molar-refractivity contribution is 9.11. The van der Waals surface area contributed by atoms with Crippen LogP contribution in [0.1, 0.15) is 18.4 Å². The van der Waals surface area contributed by atoms with Crippen molar-refractivity contribution >= 4 is 45.6 Å². The van der Waals surface area contributed by atoms with Gasteiger partial charge >= 0.3 is 0 Å². The van der Waals surface area contributed by atoms with Crippen molar-refractivity contribution in [2.45, 2.75) is 25.4 Å². The summed E-state index contributed by atoms with van der Waals surface area (Å²) in [5.41, 5.74) is 1.22. The first-order valence-electron chi connectivity index (χ1n) is 5.37. The van der Waals surface area contributed by atoms with Gasteiger partial charge in [-0.3, -0.25) is 4.79 Å². The summed E-state index contributed by atoms with van der Waals surface area (Å²) in [4.78, 5) is 13.9. The van der Waals surface area contributed by atoms with Crippen LogP contribution in [-0.4, -0.2) is 30.4 Å². The molecule has 0 atom stereocenters. The van der Waals surface area contributed by atoms with Crippen molar-refractivity contribution < 1.29 is 4.79 Å². The van der Waals surface area contributed by atoms with Gasteiger partial charge in [0.2, 0.25) is 5.91 Å². The Bertz CT molecular complexity index is 381. The average molecular weight is 340 g/mol. The van der Waals surface area contributed by atoms with Gasteiger partial charge in [-0.1, -0.05) is 0 Å². The molecule has 17 heavy (non-hydrogen) atoms. The van der Waals surface area contributed by atoms with Crippen LogP contribution in [0, 0.1) is 0 Å². The van der Waals surface area contributed by atoms with Gasteiger partial charge in [0.15, 0.2) is 0 Å². The minimum absolute atomic E-state index is 0. The Balaban J connectivity index is 0.00000144. The number of thiophene rings is 1. The monoisotopic (exact) mass is 338 g/mol. The van der Waals surface area contributed by atoms with Crippen molar-refractivity contribution in [2.24, 2.45) is 0 Å². The average Bonchev–Trinajstić information content (AvgIpc) is 3.00. The van der Waals surface area contributed by atoms with Gasteiger partial charge in [-0.2, -0.15) is 0 Å². The molecule has 0 saturated heterocycles. The lowest BCUT2D eigenvalue weighted by Gasteiger charge is -2.21. The molecule has 96 valence electrons. The Morgan fingerprint density at radius 2 is 2.35 bits per heavy atom. The Kier molecular flexibility index (Phi) is 5.92. The summed E-state index contributed by atoms with van der Waals surface area (Å²) >= 11 is 5.11. The van der Waals surface area contributed by atoms with E-state index < -0.39 is 0 Å². The topological polar surface area (TPSA) is 32.3 Å². The number of likely N-dealkylation sites (N-methyl/N-ethyl adjacent to an activating group) is 1. The highest BCUT2D eigenvalue weighted by Gasteiger charge is 2.32. The number of carbonyl (C=O) groups excluding carboxylic acids is 1. The molecule has 0 radical (unpaired) electrons. The molecule has 1 saturated carbocycles. The lowest BCUT2D eigenvalue weighted by atomic mass is 10.3. The van der Waals surface area contributed by atoms with Crippen LogP contribution >= 0.6 is 39.7 Å². The Hall–Kier alpha value is -0.100. The maximum Gasteiger partial charge on any atom is 0.237 e. The van der Waals surface area contributed by atoms with E-state index in [9.17, 15) is 4.79 Å². The van der Waals surface area contributed by atoms with E-state index in [1.807, 2.05) is 11.9 Å². The zero-order chi connectivity index (χ0) is 11.5. The quantitative estimate of drug-likeness (QED) is 0.894. The maximum atomic E-state index is 11.9. The molecule has 1 aromatic heterocycles. The first-order valence-corrected chi connectivity index (χ1v) is 7.05. The number of carbonyl (C=O) groups is 1. The second-order valence-corrected chi connectivity index (χ2v) is 6.33. The molecule has 0 aliphatic heterocycles. The SMILES string of the molecule is CNCC(=O)N(Cc1csc(Br)c1)C1CC1.Cl. The number of nitrogens with one attached hydrogen (secondary N) is 1. The molecule has 2 rings (SSSR count). The molecule has 0 bridgehead atoms. The van der Waals surface area contributed by atoms with Crippen LogP contribution in [-0.2, 0) is 11.3 Å². The minimum atomic E-state index is 0. The van der Waals surface area contributed by atoms with Crippen LogP contribution in [0.5, 0.6) is 0 Å². The standard InChI is InChI=1S/C11H15BrN2OS.ClH/c1-13-5-11(15)14(9-2-3-9)6-8-4-10(12)16-7-8;/h4,7,9,13H,2-3,5-6H2,1H3;1H. The molecule has 6 heteroatoms. The van der Waals surface area contributed by atoms with Gasteiger partial charge in [-0.25, -0.2) is 0 Å². The number of halogens is 2. The predicted octanol–water partition coefficient (Wildman–Crippen LogP) is 2.64. The highest BCUT2D eigenvalue weighted by atomic mass is 79.9. The Labute approximate surface area is 120 Å². The summed E-state index contributed by atoms with van der Waals surface area (Å²) in [6.45, 7) is 1.18. The summed E-state index contributed by atoms with van der Waals surface area (Å²) in [7, 11) is 1.81. The van der Waals surface area contributed by atoms with Gasteiger partial charge in [0.05, 0.1) is 10.3 Å². The normalized spacial score (nSPS) is 14.2. The van der Waals surface area contributed by atoms with Crippen molar-refractivity contribution in [3.63, 3.8) is 0 Å². The fourth-order valence-corrected chi connectivity index (χ4v) is 2.89. The van der Waals surface area contributed by atoms with Crippen LogP contribution in [0.3, 0.4) is 0 Å². The van der Waals surface area contributed by atoms with E-state index in [2.05, 4.69) is 32.7 Å². The lowest BCUT2D eigenvalue weighted by molar-refractivity contribution is -0.131. The summed E-state index contributed by atoms with van der Waals surface area (Å²) in [6, 6.07) is 2.56. The smallest absolute Gasteiger partial charge is 0.237 e. The number of hydrogen-bond donors (Lipinski definition) is 1. The maximum absolute atomic E-state index is 11.9. The van der Waals surface area contributed by atoms with E-state index >= 15 is 0 Å². The highest BCUT2D eigenvalue weighted by Crippen LogP contribution is 2.30. The predicted molar refractivity (Wildman–Crippen MR) is 76.8 cm³/mol. The van der Waals surface area contributed by atoms with E-state index in [0.717, 1.165) is 23.2 Å². The fraction of sp³-hybridized carbons (Fsp3) is 0.545. The van der Waals surface area contributed by atoms with E-state index in [1.54, 1.807) is 11.3 Å². The molecule has 1 amide bonds. The molecule has 1 fully saturated rings. The lowest BCUT2D eigenvalue weighted by Crippen LogP contribution is -2.38. The molecule has 1 aromatic rings. The fourth-order valence-electron chi connectivity index (χ4n) is 1.69. The second kappa shape index (κ2) is 6.73. The van der Waals surface area contributed by atoms with Gasteiger partial charge < -0.3 is 10.2 Å². The first kappa shape index (κ1) is 15.0. The van der Waals surface area contributed by atoms with E-state index in [-0.39, 0.29) is 18.3 Å². The van der Waals surface area contributed by atoms with Crippen LogP contribution < -0.4 is 5.32 Å². The third-order valence-electron chi connectivity index (χ3n) is 2.61. The number of rotatable bonds is 5. The summed E-state index contributed by atoms with van der Waals surface area (Å²) < 4.78 is 1.12. The van der Waals surface area contributed by atoms with Crippen LogP contribution in [0.25, 0.3) is 0 Å². The van der Waals surface area contributed by atoms with Crippen molar-refractivity contribution in [3.05, 3.63) is 20.8 Å². The molecule has 0 unspecified atom stereocenters. The zero-order valence-electron chi connectivity index (χ0n) is 9.61. The summed E-state index contributed by atoms with van der Waals surface area (Å²) in [5, 5.41) is 5.03. The molecule has 3 nitrogen and oxygen atoms in total. The van der Waals surface area contributed by atoms with Gasteiger partial charge in [0.1, 0.15) is 0 Å². The molecule has 0 aromatic carbocycles. The number of amides is 1. The van der Waals surface area contributed by atoms with Gasteiger partial charge in [-0.15, -0.1) is 23.7 Å². The van der Waals surface area contributed by atoms with Crippen LogP contribution in [0.4, 0.5) is 0 Å². The first-order chi connectivity index (χ1) is 7.70. The number of hydrogen-bond acceptors (Lipinski definition) is 3. The van der Waals surface area contributed by atoms with Crippen LogP contribution in [0.2, 0.25) is 0 Å². The molecule has 1 aliphatic rings. The van der Waals surface area contributed by atoms with Gasteiger partial charge in [0, 0.05) is 12.6 Å². The minimum Gasteiger partial charge on any atom is -0.334 e. The van der Waals surface area contributed by atoms with Gasteiger partial charge in [-0.05, 0) is 52.8 Å². The second-order valence-electron chi connectivity index (χ2n) is 4.04. The van der Waals surface area contributed by atoms with Crippen molar-refractivity contribution in [3.8, 4) is 0 Å². The van der Waals surface area contributed by atoms with E-state index in [0.29, 0.717) is 12.6 Å². The number of nitrogens with zero attached hydrogens (tertiary/aromatic N) is 1. The van der Waals surface area contributed by atoms with Crippen molar-refractivity contribution in [1.82, 2.24) is 10.2 Å². The third-order valence-corrected chi connectivity index (χ3v) is 4.16. The van der Waals surface area contributed by atoms with E-state index in [1.165, 1.54) is 5.56 Å². The Morgan fingerprint density at radius 3 is 2.82 bits per heavy atom. The molecule has 1 N–H and O–H groups in total. The molecule has 0 spiro atoms. The Morgan fingerprint density at radius 1 is 1.65 bits per heavy atom. The summed E-state index contributed by atoms with van der Waals surface area (Å²) in [6.07, 6.45) is 2.31. The third kappa shape index (κ3) is 4.25. The van der Waals surface area contributed by atoms with Crippen LogP contribution in [0.15, 0.2) is 15.2 Å². The van der Waals surface area contributed by atoms with Crippen molar-refractivity contribution in [1.29, 1.82) is 0 Å². The van der Waals surface area contributed by atoms with Crippen molar-refractivity contribution in [2.75, 3.05) is 13.6 Å². The molecule has 1 aliphatic carbocycles. The molecular formula is C11H16BrClN2OS. The molecule has 1 heterocycles. The van der Waals surface area contributed by atoms with Gasteiger partial charge in [0.25, 0.3) is 0 Å². The van der Waals surface area contributed by atoms with E-state index in [4.69, 9.17) is 0 Å². The largest absolute Gasteiger partial charge is 0.334 e.